The quantitative estimate of drug-likeness (QED) is 0.799. The molecule has 2 heterocycles. The molecule has 1 aliphatic heterocycles. The Hall–Kier alpha value is -2.23. The summed E-state index contributed by atoms with van der Waals surface area (Å²) in [7, 11) is 1.37. The first-order valence-corrected chi connectivity index (χ1v) is 6.13. The maximum Gasteiger partial charge on any atom is 0.354 e. The first-order chi connectivity index (χ1) is 9.03. The Balaban J connectivity index is 2.23. The van der Waals surface area contributed by atoms with Crippen LogP contribution >= 0.6 is 0 Å². The molecule has 0 saturated heterocycles. The fourth-order valence-electron chi connectivity index (χ4n) is 2.45. The van der Waals surface area contributed by atoms with Gasteiger partial charge in [-0.25, -0.2) is 4.79 Å². The number of H-pyrrole nitrogens is 1. The Morgan fingerprint density at radius 2 is 2.05 bits per heavy atom. The molecule has 0 unspecified atom stereocenters. The van der Waals surface area contributed by atoms with Gasteiger partial charge in [0.15, 0.2) is 0 Å². The minimum Gasteiger partial charge on any atom is -0.482 e. The summed E-state index contributed by atoms with van der Waals surface area (Å²) in [4.78, 5) is 14.8. The van der Waals surface area contributed by atoms with Crippen molar-refractivity contribution in [3.63, 3.8) is 0 Å². The lowest BCUT2D eigenvalue weighted by molar-refractivity contribution is 0.0595. The smallest absolute Gasteiger partial charge is 0.354 e. The SMILES string of the molecule is COC(=O)c1cc2c([nH]1)-c1ccccc1OC2(C)C. The van der Waals surface area contributed by atoms with Gasteiger partial charge in [-0.05, 0) is 32.0 Å². The van der Waals surface area contributed by atoms with Crippen LogP contribution in [0.5, 0.6) is 5.75 Å². The van der Waals surface area contributed by atoms with Gasteiger partial charge in [0.05, 0.1) is 12.8 Å². The minimum absolute atomic E-state index is 0.373. The third kappa shape index (κ3) is 1.71. The van der Waals surface area contributed by atoms with Crippen molar-refractivity contribution in [2.45, 2.75) is 19.4 Å². The van der Waals surface area contributed by atoms with Crippen LogP contribution in [0, 0.1) is 0 Å². The van der Waals surface area contributed by atoms with Crippen LogP contribution in [0.15, 0.2) is 30.3 Å². The normalized spacial score (nSPS) is 15.1. The zero-order valence-electron chi connectivity index (χ0n) is 11.1. The van der Waals surface area contributed by atoms with Crippen LogP contribution in [0.4, 0.5) is 0 Å². The van der Waals surface area contributed by atoms with Gasteiger partial charge < -0.3 is 14.5 Å². The monoisotopic (exact) mass is 257 g/mol. The topological polar surface area (TPSA) is 51.3 Å². The van der Waals surface area contributed by atoms with E-state index in [9.17, 15) is 4.79 Å². The second-order valence-electron chi connectivity index (χ2n) is 5.07. The zero-order valence-corrected chi connectivity index (χ0v) is 11.1. The Morgan fingerprint density at radius 3 is 2.79 bits per heavy atom. The number of rotatable bonds is 1. The largest absolute Gasteiger partial charge is 0.482 e. The number of para-hydroxylation sites is 1. The molecule has 0 aliphatic carbocycles. The van der Waals surface area contributed by atoms with E-state index in [4.69, 9.17) is 9.47 Å². The summed E-state index contributed by atoms with van der Waals surface area (Å²) in [5.41, 5.74) is 2.82. The van der Waals surface area contributed by atoms with Crippen molar-refractivity contribution in [1.82, 2.24) is 4.98 Å². The van der Waals surface area contributed by atoms with E-state index in [0.29, 0.717) is 5.69 Å². The van der Waals surface area contributed by atoms with Gasteiger partial charge in [0.1, 0.15) is 17.0 Å². The van der Waals surface area contributed by atoms with Gasteiger partial charge in [-0.15, -0.1) is 0 Å². The minimum atomic E-state index is -0.480. The molecule has 1 aliphatic rings. The number of fused-ring (bicyclic) bond motifs is 3. The summed E-state index contributed by atoms with van der Waals surface area (Å²) >= 11 is 0. The fraction of sp³-hybridized carbons (Fsp3) is 0.267. The molecule has 1 N–H and O–H groups in total. The second-order valence-corrected chi connectivity index (χ2v) is 5.07. The average molecular weight is 257 g/mol. The highest BCUT2D eigenvalue weighted by Gasteiger charge is 2.35. The van der Waals surface area contributed by atoms with Crippen LogP contribution in [0.2, 0.25) is 0 Å². The van der Waals surface area contributed by atoms with E-state index >= 15 is 0 Å². The van der Waals surface area contributed by atoms with Gasteiger partial charge in [-0.3, -0.25) is 0 Å². The number of esters is 1. The van der Waals surface area contributed by atoms with E-state index in [0.717, 1.165) is 22.6 Å². The molecule has 0 spiro atoms. The van der Waals surface area contributed by atoms with Crippen LogP contribution < -0.4 is 4.74 Å². The lowest BCUT2D eigenvalue weighted by Gasteiger charge is -2.32. The molecule has 4 heteroatoms. The molecule has 0 fully saturated rings. The van der Waals surface area contributed by atoms with Crippen molar-refractivity contribution in [3.05, 3.63) is 41.6 Å². The van der Waals surface area contributed by atoms with Gasteiger partial charge in [0.2, 0.25) is 0 Å². The van der Waals surface area contributed by atoms with Crippen molar-refractivity contribution >= 4 is 5.97 Å². The number of methoxy groups -OCH3 is 1. The van der Waals surface area contributed by atoms with Crippen LogP contribution in [-0.2, 0) is 10.3 Å². The molecule has 19 heavy (non-hydrogen) atoms. The van der Waals surface area contributed by atoms with E-state index in [1.165, 1.54) is 7.11 Å². The predicted octanol–water partition coefficient (Wildman–Crippen LogP) is 3.10. The van der Waals surface area contributed by atoms with E-state index in [1.54, 1.807) is 6.07 Å². The van der Waals surface area contributed by atoms with E-state index in [-0.39, 0.29) is 5.97 Å². The summed E-state index contributed by atoms with van der Waals surface area (Å²) in [6.45, 7) is 3.97. The number of hydrogen-bond donors (Lipinski definition) is 1. The third-order valence-electron chi connectivity index (χ3n) is 3.39. The average Bonchev–Trinajstić information content (AvgIpc) is 2.84. The Kier molecular flexibility index (Phi) is 2.42. The van der Waals surface area contributed by atoms with Crippen molar-refractivity contribution in [2.24, 2.45) is 0 Å². The summed E-state index contributed by atoms with van der Waals surface area (Å²) in [6, 6.07) is 9.59. The molecular weight excluding hydrogens is 242 g/mol. The molecule has 1 aromatic carbocycles. The Labute approximate surface area is 111 Å². The van der Waals surface area contributed by atoms with E-state index < -0.39 is 5.60 Å². The first-order valence-electron chi connectivity index (χ1n) is 6.13. The standard InChI is InChI=1S/C15H15NO3/c1-15(2)10-8-11(14(17)18-3)16-13(10)9-6-4-5-7-12(9)19-15/h4-8,16H,1-3H3. The number of aromatic amines is 1. The molecule has 0 atom stereocenters. The zero-order chi connectivity index (χ0) is 13.6. The number of ether oxygens (including phenoxy) is 2. The van der Waals surface area contributed by atoms with Crippen LogP contribution in [0.25, 0.3) is 11.3 Å². The molecule has 4 nitrogen and oxygen atoms in total. The van der Waals surface area contributed by atoms with Gasteiger partial charge >= 0.3 is 5.97 Å². The highest BCUT2D eigenvalue weighted by molar-refractivity contribution is 5.90. The second kappa shape index (κ2) is 3.88. The van der Waals surface area contributed by atoms with Crippen LogP contribution in [0.1, 0.15) is 29.9 Å². The number of carbonyl (C=O) groups is 1. The number of carbonyl (C=O) groups excluding carboxylic acids is 1. The maximum atomic E-state index is 11.7. The summed E-state index contributed by atoms with van der Waals surface area (Å²) in [6.07, 6.45) is 0. The molecule has 98 valence electrons. The fourth-order valence-corrected chi connectivity index (χ4v) is 2.45. The summed E-state index contributed by atoms with van der Waals surface area (Å²) in [5.74, 6) is 0.445. The molecule has 0 saturated carbocycles. The van der Waals surface area contributed by atoms with Gasteiger partial charge in [0, 0.05) is 11.1 Å². The number of nitrogens with one attached hydrogen (secondary N) is 1. The van der Waals surface area contributed by atoms with Crippen molar-refractivity contribution in [2.75, 3.05) is 7.11 Å². The lowest BCUT2D eigenvalue weighted by atomic mass is 9.91. The van der Waals surface area contributed by atoms with E-state index in [2.05, 4.69) is 4.98 Å². The summed E-state index contributed by atoms with van der Waals surface area (Å²) in [5, 5.41) is 0. The first kappa shape index (κ1) is 11.8. The molecule has 0 radical (unpaired) electrons. The molecular formula is C15H15NO3. The number of aromatic nitrogens is 1. The molecule has 0 bridgehead atoms. The van der Waals surface area contributed by atoms with Gasteiger partial charge in [-0.1, -0.05) is 12.1 Å². The Morgan fingerprint density at radius 1 is 1.32 bits per heavy atom. The van der Waals surface area contributed by atoms with Gasteiger partial charge in [-0.2, -0.15) is 0 Å². The summed E-state index contributed by atoms with van der Waals surface area (Å²) < 4.78 is 10.8. The molecule has 1 aromatic heterocycles. The maximum absolute atomic E-state index is 11.7. The number of benzene rings is 1. The van der Waals surface area contributed by atoms with Crippen LogP contribution in [-0.4, -0.2) is 18.1 Å². The Bertz CT molecular complexity index is 655. The van der Waals surface area contributed by atoms with Crippen molar-refractivity contribution in [1.29, 1.82) is 0 Å². The van der Waals surface area contributed by atoms with Crippen molar-refractivity contribution < 1.29 is 14.3 Å². The number of hydrogen-bond acceptors (Lipinski definition) is 3. The highest BCUT2D eigenvalue weighted by atomic mass is 16.5. The third-order valence-corrected chi connectivity index (χ3v) is 3.39. The van der Waals surface area contributed by atoms with Crippen LogP contribution in [0.3, 0.4) is 0 Å². The predicted molar refractivity (Wildman–Crippen MR) is 71.2 cm³/mol. The molecule has 3 rings (SSSR count). The van der Waals surface area contributed by atoms with E-state index in [1.807, 2.05) is 38.1 Å². The molecule has 2 aromatic rings. The van der Waals surface area contributed by atoms with Gasteiger partial charge in [0.25, 0.3) is 0 Å². The highest BCUT2D eigenvalue weighted by Crippen LogP contribution is 2.44. The molecule has 0 amide bonds. The van der Waals surface area contributed by atoms with Crippen molar-refractivity contribution in [3.8, 4) is 17.0 Å². The lowest BCUT2D eigenvalue weighted by Crippen LogP contribution is -2.28.